The normalized spacial score (nSPS) is 10.9. The van der Waals surface area contributed by atoms with E-state index < -0.39 is 14.5 Å². The molecule has 0 N–H and O–H groups in total. The van der Waals surface area contributed by atoms with Gasteiger partial charge in [0.1, 0.15) is 0 Å². The molecule has 0 unspecified atom stereocenters. The van der Waals surface area contributed by atoms with Gasteiger partial charge in [-0.1, -0.05) is 50.6 Å². The molecule has 0 atom stereocenters. The molecule has 0 aliphatic heterocycles. The average molecular weight is 282 g/mol. The van der Waals surface area contributed by atoms with Crippen molar-refractivity contribution in [1.29, 1.82) is 0 Å². The predicted molar refractivity (Wildman–Crippen MR) is 77.4 cm³/mol. The number of allylic oxidation sites excluding steroid dienone is 4. The molecule has 0 radical (unpaired) electrons. The van der Waals surface area contributed by atoms with Crippen LogP contribution in [0.1, 0.15) is 0 Å². The summed E-state index contributed by atoms with van der Waals surface area (Å²) in [5.74, 6) is 0. The molecule has 0 bridgehead atoms. The van der Waals surface area contributed by atoms with E-state index in [4.69, 9.17) is 0 Å². The second-order valence-corrected chi connectivity index (χ2v) is 7.87. The fraction of sp³-hybridized carbons (Fsp3) is 0.333. The van der Waals surface area contributed by atoms with E-state index in [1.807, 2.05) is 24.3 Å². The summed E-state index contributed by atoms with van der Waals surface area (Å²) in [5, 5.41) is 0. The summed E-state index contributed by atoms with van der Waals surface area (Å²) in [4.78, 5) is 0. The van der Waals surface area contributed by atoms with Gasteiger partial charge in [-0.2, -0.15) is 0 Å². The smallest absolute Gasteiger partial charge is 0.418 e. The SMILES string of the molecule is C=CC[P+](CC=C)(CC=C)CC=C.F[B-](F)(F)F. The van der Waals surface area contributed by atoms with E-state index in [1.54, 1.807) is 0 Å². The van der Waals surface area contributed by atoms with Crippen LogP contribution in [0.5, 0.6) is 0 Å². The number of rotatable bonds is 8. The van der Waals surface area contributed by atoms with Crippen LogP contribution in [0.2, 0.25) is 0 Å². The molecule has 0 saturated carbocycles. The van der Waals surface area contributed by atoms with Gasteiger partial charge >= 0.3 is 7.25 Å². The maximum absolute atomic E-state index is 9.75. The van der Waals surface area contributed by atoms with E-state index in [-0.39, 0.29) is 0 Å². The van der Waals surface area contributed by atoms with Crippen molar-refractivity contribution in [2.24, 2.45) is 0 Å². The highest BCUT2D eigenvalue weighted by atomic mass is 31.2. The Bertz CT molecular complexity index is 222. The van der Waals surface area contributed by atoms with Crippen molar-refractivity contribution in [3.05, 3.63) is 50.6 Å². The Hall–Kier alpha value is -0.825. The molecule has 0 rings (SSSR count). The molecule has 6 heteroatoms. The third-order valence-electron chi connectivity index (χ3n) is 2.07. The zero-order valence-electron chi connectivity index (χ0n) is 10.5. The first-order chi connectivity index (χ1) is 8.24. The molecule has 0 saturated heterocycles. The monoisotopic (exact) mass is 282 g/mol. The third-order valence-corrected chi connectivity index (χ3v) is 6.20. The van der Waals surface area contributed by atoms with Gasteiger partial charge in [0, 0.05) is 7.26 Å². The van der Waals surface area contributed by atoms with Gasteiger partial charge in [-0.05, 0) is 0 Å². The van der Waals surface area contributed by atoms with Gasteiger partial charge < -0.3 is 17.3 Å². The van der Waals surface area contributed by atoms with E-state index in [0.717, 1.165) is 24.6 Å². The Balaban J connectivity index is 0. The Morgan fingerprint density at radius 2 is 0.833 bits per heavy atom. The second-order valence-electron chi connectivity index (χ2n) is 3.72. The highest BCUT2D eigenvalue weighted by molar-refractivity contribution is 7.76. The van der Waals surface area contributed by atoms with Gasteiger partial charge in [0.25, 0.3) is 0 Å². The van der Waals surface area contributed by atoms with Crippen LogP contribution in [0.25, 0.3) is 0 Å². The molecule has 0 fully saturated rings. The molecule has 0 heterocycles. The van der Waals surface area contributed by atoms with E-state index in [2.05, 4.69) is 26.3 Å². The Morgan fingerprint density at radius 1 is 0.667 bits per heavy atom. The summed E-state index contributed by atoms with van der Waals surface area (Å²) in [5.41, 5.74) is 0. The van der Waals surface area contributed by atoms with Crippen molar-refractivity contribution in [2.75, 3.05) is 24.6 Å². The third kappa shape index (κ3) is 13.2. The maximum atomic E-state index is 9.75. The fourth-order valence-electron chi connectivity index (χ4n) is 1.54. The summed E-state index contributed by atoms with van der Waals surface area (Å²) in [6.07, 6.45) is 12.5. The first-order valence-corrected chi connectivity index (χ1v) is 7.93. The Labute approximate surface area is 108 Å². The van der Waals surface area contributed by atoms with Gasteiger partial charge in [0.2, 0.25) is 0 Å². The van der Waals surface area contributed by atoms with Crippen LogP contribution >= 0.6 is 7.26 Å². The lowest BCUT2D eigenvalue weighted by Gasteiger charge is -2.22. The molecule has 0 amide bonds. The van der Waals surface area contributed by atoms with Crippen LogP contribution in [0, 0.1) is 0 Å². The Morgan fingerprint density at radius 3 is 0.944 bits per heavy atom. The molecule has 0 aromatic rings. The molecule has 0 aromatic heterocycles. The van der Waals surface area contributed by atoms with Crippen LogP contribution in [0.3, 0.4) is 0 Å². The molecular formula is C12H20BF4P. The quantitative estimate of drug-likeness (QED) is 0.253. The van der Waals surface area contributed by atoms with Crippen molar-refractivity contribution in [1.82, 2.24) is 0 Å². The van der Waals surface area contributed by atoms with Crippen LogP contribution in [0.4, 0.5) is 17.3 Å². The molecule has 0 spiro atoms. The minimum Gasteiger partial charge on any atom is -0.418 e. The zero-order valence-corrected chi connectivity index (χ0v) is 11.4. The van der Waals surface area contributed by atoms with Gasteiger partial charge in [-0.15, -0.1) is 0 Å². The first-order valence-electron chi connectivity index (χ1n) is 5.40. The average Bonchev–Trinajstić information content (AvgIpc) is 2.16. The minimum absolute atomic E-state index is 0.968. The van der Waals surface area contributed by atoms with Crippen molar-refractivity contribution >= 4 is 14.5 Å². The molecule has 18 heavy (non-hydrogen) atoms. The van der Waals surface area contributed by atoms with Gasteiger partial charge in [-0.25, -0.2) is 0 Å². The molecular weight excluding hydrogens is 262 g/mol. The number of halogens is 4. The highest BCUT2D eigenvalue weighted by Gasteiger charge is 2.31. The lowest BCUT2D eigenvalue weighted by Crippen LogP contribution is -2.07. The van der Waals surface area contributed by atoms with E-state index in [0.29, 0.717) is 0 Å². The first kappa shape index (κ1) is 19.5. The van der Waals surface area contributed by atoms with Crippen molar-refractivity contribution < 1.29 is 17.3 Å². The van der Waals surface area contributed by atoms with Gasteiger partial charge in [0.05, 0.1) is 24.6 Å². The van der Waals surface area contributed by atoms with Crippen molar-refractivity contribution in [3.8, 4) is 0 Å². The highest BCUT2D eigenvalue weighted by Crippen LogP contribution is 2.58. The van der Waals surface area contributed by atoms with Crippen LogP contribution < -0.4 is 0 Å². The topological polar surface area (TPSA) is 0 Å². The largest absolute Gasteiger partial charge is 0.673 e. The summed E-state index contributed by atoms with van der Waals surface area (Å²) in [6, 6.07) is 0. The summed E-state index contributed by atoms with van der Waals surface area (Å²) >= 11 is 0. The Kier molecular flexibility index (Phi) is 11.0. The number of hydrogen-bond acceptors (Lipinski definition) is 0. The maximum Gasteiger partial charge on any atom is 0.673 e. The molecule has 0 aliphatic rings. The minimum atomic E-state index is -6.00. The van der Waals surface area contributed by atoms with Crippen LogP contribution in [-0.2, 0) is 0 Å². The van der Waals surface area contributed by atoms with Gasteiger partial charge in [-0.3, -0.25) is 0 Å². The summed E-state index contributed by atoms with van der Waals surface area (Å²) in [7, 11) is -6.97. The van der Waals surface area contributed by atoms with Crippen molar-refractivity contribution in [2.45, 2.75) is 0 Å². The van der Waals surface area contributed by atoms with E-state index in [1.165, 1.54) is 0 Å². The molecule has 0 aromatic carbocycles. The second kappa shape index (κ2) is 10.1. The van der Waals surface area contributed by atoms with E-state index >= 15 is 0 Å². The molecule has 0 aliphatic carbocycles. The van der Waals surface area contributed by atoms with Crippen LogP contribution in [0.15, 0.2) is 50.6 Å². The number of hydrogen-bond donors (Lipinski definition) is 0. The lowest BCUT2D eigenvalue weighted by atomic mass is 10.3. The van der Waals surface area contributed by atoms with Crippen LogP contribution in [-0.4, -0.2) is 31.9 Å². The molecule has 104 valence electrons. The van der Waals surface area contributed by atoms with Gasteiger partial charge in [0.15, 0.2) is 0 Å². The zero-order chi connectivity index (χ0) is 14.7. The lowest BCUT2D eigenvalue weighted by molar-refractivity contribution is 0.368. The summed E-state index contributed by atoms with van der Waals surface area (Å²) in [6.45, 7) is 15.3. The fourth-order valence-corrected chi connectivity index (χ4v) is 4.63. The van der Waals surface area contributed by atoms with Crippen molar-refractivity contribution in [3.63, 3.8) is 0 Å². The standard InChI is InChI=1S/C12H20P.BF4/c1-5-9-13(10-6-2,11-7-3)12-8-4;2-1(3,4)5/h5-8H,1-4,9-12H2;/q+1;-1. The molecule has 0 nitrogen and oxygen atoms in total. The van der Waals surface area contributed by atoms with E-state index in [9.17, 15) is 17.3 Å². The summed E-state index contributed by atoms with van der Waals surface area (Å²) < 4.78 is 39.0. The predicted octanol–water partition coefficient (Wildman–Crippen LogP) is 5.05.